The lowest BCUT2D eigenvalue weighted by atomic mass is 10.3. The van der Waals surface area contributed by atoms with Crippen molar-refractivity contribution in [2.24, 2.45) is 0 Å². The Labute approximate surface area is 58.3 Å². The second-order valence-electron chi connectivity index (χ2n) is 1.63. The van der Waals surface area contributed by atoms with Crippen molar-refractivity contribution in [3.05, 3.63) is 17.1 Å². The molecule has 1 atom stereocenters. The number of hydrogen-bond donors (Lipinski definition) is 1. The molecular formula is C5H7NS2. The maximum Gasteiger partial charge on any atom is 0.0450 e. The molecule has 1 rings (SSSR count). The fourth-order valence-corrected chi connectivity index (χ4v) is 1.29. The minimum absolute atomic E-state index is 0.328. The predicted octanol–water partition coefficient (Wildman–Crippen LogP) is 2.13. The number of rotatable bonds is 1. The third kappa shape index (κ3) is 1.23. The van der Waals surface area contributed by atoms with Crippen LogP contribution in [0.2, 0.25) is 0 Å². The molecule has 0 aliphatic carbocycles. The molecule has 0 saturated heterocycles. The molecule has 1 heterocycles. The Hall–Kier alpha value is -0.0200. The van der Waals surface area contributed by atoms with Crippen molar-refractivity contribution >= 4 is 24.2 Å². The maximum atomic E-state index is 4.22. The third-order valence-electron chi connectivity index (χ3n) is 0.934. The van der Waals surface area contributed by atoms with Crippen molar-refractivity contribution < 1.29 is 0 Å². The summed E-state index contributed by atoms with van der Waals surface area (Å²) in [5, 5.41) is 2.34. The molecule has 0 spiro atoms. The largest absolute Gasteiger partial charge is 0.201 e. The Morgan fingerprint density at radius 3 is 2.88 bits per heavy atom. The first-order chi connectivity index (χ1) is 3.80. The van der Waals surface area contributed by atoms with Gasteiger partial charge in [0.15, 0.2) is 0 Å². The zero-order valence-electron chi connectivity index (χ0n) is 4.53. The molecule has 0 aromatic carbocycles. The van der Waals surface area contributed by atoms with Crippen molar-refractivity contribution in [2.75, 3.05) is 0 Å². The highest BCUT2D eigenvalue weighted by Gasteiger charge is 1.97. The lowest BCUT2D eigenvalue weighted by Crippen LogP contribution is -1.75. The van der Waals surface area contributed by atoms with E-state index in [1.807, 2.05) is 18.5 Å². The second kappa shape index (κ2) is 2.51. The van der Waals surface area contributed by atoms with Crippen LogP contribution in [0.4, 0.5) is 0 Å². The monoisotopic (exact) mass is 145 g/mol. The Balaban J connectivity index is 2.77. The van der Waals surface area contributed by atoms with E-state index in [0.29, 0.717) is 5.25 Å². The van der Waals surface area contributed by atoms with Crippen LogP contribution in [0.1, 0.15) is 17.7 Å². The van der Waals surface area contributed by atoms with Crippen LogP contribution in [0.25, 0.3) is 0 Å². The summed E-state index contributed by atoms with van der Waals surface area (Å²) in [6.45, 7) is 2.03. The van der Waals surface area contributed by atoms with Gasteiger partial charge >= 0.3 is 0 Å². The first-order valence-corrected chi connectivity index (χ1v) is 3.73. The van der Waals surface area contributed by atoms with E-state index in [-0.39, 0.29) is 0 Å². The predicted molar refractivity (Wildman–Crippen MR) is 39.5 cm³/mol. The highest BCUT2D eigenvalue weighted by molar-refractivity contribution is 7.80. The van der Waals surface area contributed by atoms with Crippen LogP contribution in [-0.4, -0.2) is 4.37 Å². The van der Waals surface area contributed by atoms with E-state index in [2.05, 4.69) is 17.0 Å². The van der Waals surface area contributed by atoms with Gasteiger partial charge in [-0.25, -0.2) is 4.37 Å². The highest BCUT2D eigenvalue weighted by atomic mass is 32.1. The van der Waals surface area contributed by atoms with Crippen LogP contribution >= 0.6 is 24.2 Å². The van der Waals surface area contributed by atoms with Crippen molar-refractivity contribution in [2.45, 2.75) is 12.2 Å². The van der Waals surface area contributed by atoms with E-state index in [0.717, 1.165) is 0 Å². The van der Waals surface area contributed by atoms with Gasteiger partial charge in [-0.2, -0.15) is 12.6 Å². The molecule has 0 aliphatic rings. The molecule has 1 nitrogen and oxygen atoms in total. The fraction of sp³-hybridized carbons (Fsp3) is 0.400. The van der Waals surface area contributed by atoms with E-state index >= 15 is 0 Å². The van der Waals surface area contributed by atoms with Crippen molar-refractivity contribution in [1.29, 1.82) is 0 Å². The van der Waals surface area contributed by atoms with E-state index < -0.39 is 0 Å². The third-order valence-corrected chi connectivity index (χ3v) is 1.84. The summed E-state index contributed by atoms with van der Waals surface area (Å²) < 4.78 is 3.94. The van der Waals surface area contributed by atoms with E-state index in [9.17, 15) is 0 Å². The van der Waals surface area contributed by atoms with E-state index in [1.165, 1.54) is 17.1 Å². The van der Waals surface area contributed by atoms with Crippen LogP contribution in [-0.2, 0) is 0 Å². The Bertz CT molecular complexity index is 145. The summed E-state index contributed by atoms with van der Waals surface area (Å²) in [4.78, 5) is 0. The van der Waals surface area contributed by atoms with Gasteiger partial charge in [0.1, 0.15) is 0 Å². The van der Waals surface area contributed by atoms with Crippen molar-refractivity contribution in [3.63, 3.8) is 0 Å². The Morgan fingerprint density at radius 1 is 1.88 bits per heavy atom. The molecule has 0 aliphatic heterocycles. The number of aromatic nitrogens is 1. The van der Waals surface area contributed by atoms with Gasteiger partial charge in [0, 0.05) is 16.8 Å². The quantitative estimate of drug-likeness (QED) is 0.597. The van der Waals surface area contributed by atoms with Crippen molar-refractivity contribution in [3.8, 4) is 0 Å². The van der Waals surface area contributed by atoms with Gasteiger partial charge in [-0.1, -0.05) is 0 Å². The lowest BCUT2D eigenvalue weighted by Gasteiger charge is -1.94. The van der Waals surface area contributed by atoms with E-state index in [4.69, 9.17) is 0 Å². The van der Waals surface area contributed by atoms with Crippen LogP contribution in [0.3, 0.4) is 0 Å². The molecule has 0 saturated carbocycles. The van der Waals surface area contributed by atoms with Gasteiger partial charge < -0.3 is 0 Å². The standard InChI is InChI=1S/C5H7NS2/c1-4(7)5-2-6-8-3-5/h2-4,7H,1H3. The highest BCUT2D eigenvalue weighted by Crippen LogP contribution is 2.18. The zero-order valence-corrected chi connectivity index (χ0v) is 6.25. The van der Waals surface area contributed by atoms with Crippen LogP contribution in [0.5, 0.6) is 0 Å². The first-order valence-electron chi connectivity index (χ1n) is 2.38. The summed E-state index contributed by atoms with van der Waals surface area (Å²) in [5.74, 6) is 0. The van der Waals surface area contributed by atoms with Crippen molar-refractivity contribution in [1.82, 2.24) is 4.37 Å². The maximum absolute atomic E-state index is 4.22. The average molecular weight is 145 g/mol. The number of hydrogen-bond acceptors (Lipinski definition) is 3. The normalized spacial score (nSPS) is 13.8. The van der Waals surface area contributed by atoms with Crippen LogP contribution in [0, 0.1) is 0 Å². The van der Waals surface area contributed by atoms with Gasteiger partial charge in [0.25, 0.3) is 0 Å². The minimum Gasteiger partial charge on any atom is -0.201 e. The molecule has 0 bridgehead atoms. The van der Waals surface area contributed by atoms with E-state index in [1.54, 1.807) is 0 Å². The molecule has 0 fully saturated rings. The average Bonchev–Trinajstić information content (AvgIpc) is 2.12. The summed E-state index contributed by atoms with van der Waals surface area (Å²) >= 11 is 5.69. The molecule has 1 unspecified atom stereocenters. The molecule has 0 N–H and O–H groups in total. The topological polar surface area (TPSA) is 12.9 Å². The molecule has 1 aromatic heterocycles. The van der Waals surface area contributed by atoms with Gasteiger partial charge in [-0.15, -0.1) is 0 Å². The van der Waals surface area contributed by atoms with Crippen LogP contribution < -0.4 is 0 Å². The molecule has 1 aromatic rings. The Morgan fingerprint density at radius 2 is 2.62 bits per heavy atom. The number of nitrogens with zero attached hydrogens (tertiary/aromatic N) is 1. The van der Waals surface area contributed by atoms with Gasteiger partial charge in [0.2, 0.25) is 0 Å². The second-order valence-corrected chi connectivity index (χ2v) is 3.07. The summed E-state index contributed by atoms with van der Waals surface area (Å²) in [7, 11) is 0. The number of thiol groups is 1. The first kappa shape index (κ1) is 6.11. The fourth-order valence-electron chi connectivity index (χ4n) is 0.419. The SMILES string of the molecule is CC(S)c1cnsc1. The van der Waals surface area contributed by atoms with Gasteiger partial charge in [-0.3, -0.25) is 0 Å². The molecule has 44 valence electrons. The molecular weight excluding hydrogens is 138 g/mol. The van der Waals surface area contributed by atoms with Gasteiger partial charge in [-0.05, 0) is 24.0 Å². The summed E-state index contributed by atoms with van der Waals surface area (Å²) in [6.07, 6.45) is 1.85. The molecule has 8 heavy (non-hydrogen) atoms. The molecule has 0 amide bonds. The zero-order chi connectivity index (χ0) is 5.98. The Kier molecular flexibility index (Phi) is 1.91. The van der Waals surface area contributed by atoms with Gasteiger partial charge in [0.05, 0.1) is 0 Å². The minimum atomic E-state index is 0.328. The smallest absolute Gasteiger partial charge is 0.0450 e. The summed E-state index contributed by atoms with van der Waals surface area (Å²) in [5.41, 5.74) is 1.21. The van der Waals surface area contributed by atoms with Crippen LogP contribution in [0.15, 0.2) is 11.6 Å². The summed E-state index contributed by atoms with van der Waals surface area (Å²) in [6, 6.07) is 0. The lowest BCUT2D eigenvalue weighted by molar-refractivity contribution is 1.12. The molecule has 0 radical (unpaired) electrons. The molecule has 3 heteroatoms.